The lowest BCUT2D eigenvalue weighted by Gasteiger charge is -2.19. The molecule has 0 saturated carbocycles. The summed E-state index contributed by atoms with van der Waals surface area (Å²) in [6.07, 6.45) is 1.20. The van der Waals surface area contributed by atoms with Gasteiger partial charge in [-0.05, 0) is 18.2 Å². The molecule has 20 heavy (non-hydrogen) atoms. The second kappa shape index (κ2) is 6.43. The topological polar surface area (TPSA) is 60.9 Å². The molecule has 0 aromatic heterocycles. The molecule has 1 aromatic rings. The summed E-state index contributed by atoms with van der Waals surface area (Å²) in [4.78, 5) is 27.0. The molecule has 0 unspecified atom stereocenters. The van der Waals surface area contributed by atoms with Crippen LogP contribution in [0.5, 0.6) is 5.75 Å². The van der Waals surface area contributed by atoms with Gasteiger partial charge in [-0.25, -0.2) is 0 Å². The lowest BCUT2D eigenvalue weighted by atomic mass is 10.1. The van der Waals surface area contributed by atoms with Crippen LogP contribution in [0.15, 0.2) is 30.0 Å². The maximum absolute atomic E-state index is 12.1. The average molecular weight is 297 g/mol. The second-order valence-corrected chi connectivity index (χ2v) is 5.09. The lowest BCUT2D eigenvalue weighted by Crippen LogP contribution is -2.31. The first-order valence-corrected chi connectivity index (χ1v) is 6.25. The Morgan fingerprint density at radius 2 is 1.75 bits per heavy atom. The molecular weight excluding hydrogens is 280 g/mol. The SMILES string of the molecule is CN(C)C(=O)/C(=C/C(=O)c1ccc(Cl)cc1O)N(C)C. The predicted molar refractivity (Wildman–Crippen MR) is 77.9 cm³/mol. The summed E-state index contributed by atoms with van der Waals surface area (Å²) in [6, 6.07) is 4.21. The van der Waals surface area contributed by atoms with Gasteiger partial charge in [0.15, 0.2) is 5.78 Å². The van der Waals surface area contributed by atoms with E-state index in [2.05, 4.69) is 0 Å². The van der Waals surface area contributed by atoms with Gasteiger partial charge in [-0.15, -0.1) is 0 Å². The molecule has 0 radical (unpaired) electrons. The maximum Gasteiger partial charge on any atom is 0.269 e. The number of phenols is 1. The molecule has 1 aromatic carbocycles. The molecule has 0 bridgehead atoms. The van der Waals surface area contributed by atoms with Crippen molar-refractivity contribution in [1.29, 1.82) is 0 Å². The third-order valence-electron chi connectivity index (χ3n) is 2.60. The molecule has 6 heteroatoms. The number of aromatic hydroxyl groups is 1. The molecule has 0 aliphatic heterocycles. The van der Waals surface area contributed by atoms with Gasteiger partial charge in [-0.2, -0.15) is 0 Å². The Balaban J connectivity index is 3.17. The monoisotopic (exact) mass is 296 g/mol. The van der Waals surface area contributed by atoms with E-state index in [1.807, 2.05) is 0 Å². The van der Waals surface area contributed by atoms with Gasteiger partial charge in [0.05, 0.1) is 5.56 Å². The highest BCUT2D eigenvalue weighted by Crippen LogP contribution is 2.23. The molecular formula is C14H17ClN2O3. The fourth-order valence-electron chi connectivity index (χ4n) is 1.53. The lowest BCUT2D eigenvalue weighted by molar-refractivity contribution is -0.126. The highest BCUT2D eigenvalue weighted by Gasteiger charge is 2.17. The van der Waals surface area contributed by atoms with Crippen molar-refractivity contribution in [2.24, 2.45) is 0 Å². The van der Waals surface area contributed by atoms with E-state index in [4.69, 9.17) is 11.6 Å². The Bertz CT molecular complexity index is 566. The van der Waals surface area contributed by atoms with Crippen LogP contribution >= 0.6 is 11.6 Å². The number of carbonyl (C=O) groups is 2. The van der Waals surface area contributed by atoms with Crippen molar-refractivity contribution in [3.63, 3.8) is 0 Å². The van der Waals surface area contributed by atoms with Gasteiger partial charge in [-0.3, -0.25) is 9.59 Å². The molecule has 0 spiro atoms. The summed E-state index contributed by atoms with van der Waals surface area (Å²) in [6.45, 7) is 0. The molecule has 0 aliphatic rings. The minimum absolute atomic E-state index is 0.0975. The fraction of sp³-hybridized carbons (Fsp3) is 0.286. The number of halogens is 1. The number of nitrogens with zero attached hydrogens (tertiary/aromatic N) is 2. The van der Waals surface area contributed by atoms with E-state index < -0.39 is 5.78 Å². The molecule has 1 amide bonds. The highest BCUT2D eigenvalue weighted by atomic mass is 35.5. The third kappa shape index (κ3) is 3.74. The summed E-state index contributed by atoms with van der Waals surface area (Å²) in [7, 11) is 6.54. The van der Waals surface area contributed by atoms with Crippen LogP contribution < -0.4 is 0 Å². The normalized spacial score (nSPS) is 11.2. The second-order valence-electron chi connectivity index (χ2n) is 4.65. The number of phenolic OH excluding ortho intramolecular Hbond substituents is 1. The van der Waals surface area contributed by atoms with Crippen LogP contribution in [0.1, 0.15) is 10.4 Å². The van der Waals surface area contributed by atoms with Gasteiger partial charge in [0.1, 0.15) is 11.4 Å². The third-order valence-corrected chi connectivity index (χ3v) is 2.84. The summed E-state index contributed by atoms with van der Waals surface area (Å²) < 4.78 is 0. The van der Waals surface area contributed by atoms with Crippen molar-refractivity contribution in [3.8, 4) is 5.75 Å². The van der Waals surface area contributed by atoms with E-state index in [-0.39, 0.29) is 22.9 Å². The number of amides is 1. The number of hydrogen-bond acceptors (Lipinski definition) is 4. The molecule has 0 atom stereocenters. The van der Waals surface area contributed by atoms with Gasteiger partial charge >= 0.3 is 0 Å². The summed E-state index contributed by atoms with van der Waals surface area (Å²) >= 11 is 5.71. The Morgan fingerprint density at radius 3 is 2.20 bits per heavy atom. The van der Waals surface area contributed by atoms with E-state index >= 15 is 0 Å². The van der Waals surface area contributed by atoms with Crippen molar-refractivity contribution < 1.29 is 14.7 Å². The fourth-order valence-corrected chi connectivity index (χ4v) is 1.69. The van der Waals surface area contributed by atoms with Crippen molar-refractivity contribution >= 4 is 23.3 Å². The molecule has 0 heterocycles. The standard InChI is InChI=1S/C14H17ClN2O3/c1-16(2)11(14(20)17(3)4)8-13(19)10-6-5-9(15)7-12(10)18/h5-8,18H,1-4H3/b11-8-. The Kier molecular flexibility index (Phi) is 5.16. The van der Waals surface area contributed by atoms with Gasteiger partial charge in [0.25, 0.3) is 5.91 Å². The van der Waals surface area contributed by atoms with E-state index in [0.717, 1.165) is 0 Å². The number of carbonyl (C=O) groups excluding carboxylic acids is 2. The number of rotatable bonds is 4. The molecule has 0 aliphatic carbocycles. The zero-order valence-electron chi connectivity index (χ0n) is 11.8. The van der Waals surface area contributed by atoms with Gasteiger partial charge in [-0.1, -0.05) is 11.6 Å². The van der Waals surface area contributed by atoms with Crippen LogP contribution in [0.3, 0.4) is 0 Å². The number of hydrogen-bond donors (Lipinski definition) is 1. The van der Waals surface area contributed by atoms with Crippen LogP contribution in [0.4, 0.5) is 0 Å². The number of benzene rings is 1. The first kappa shape index (κ1) is 16.0. The minimum atomic E-state index is -0.460. The number of likely N-dealkylation sites (N-methyl/N-ethyl adjacent to an activating group) is 2. The Labute approximate surface area is 123 Å². The van der Waals surface area contributed by atoms with Crippen LogP contribution in [0, 0.1) is 0 Å². The van der Waals surface area contributed by atoms with Crippen molar-refractivity contribution in [2.75, 3.05) is 28.2 Å². The Morgan fingerprint density at radius 1 is 1.15 bits per heavy atom. The molecule has 5 nitrogen and oxygen atoms in total. The van der Waals surface area contributed by atoms with Crippen LogP contribution in [0.25, 0.3) is 0 Å². The van der Waals surface area contributed by atoms with Crippen LogP contribution in [-0.4, -0.2) is 54.8 Å². The largest absolute Gasteiger partial charge is 0.507 e. The molecule has 1 rings (SSSR count). The van der Waals surface area contributed by atoms with Crippen LogP contribution in [0.2, 0.25) is 5.02 Å². The molecule has 0 fully saturated rings. The van der Waals surface area contributed by atoms with Crippen molar-refractivity contribution in [3.05, 3.63) is 40.6 Å². The van der Waals surface area contributed by atoms with Gasteiger partial charge in [0.2, 0.25) is 0 Å². The van der Waals surface area contributed by atoms with Crippen molar-refractivity contribution in [2.45, 2.75) is 0 Å². The zero-order chi connectivity index (χ0) is 15.4. The molecule has 1 N–H and O–H groups in total. The first-order valence-electron chi connectivity index (χ1n) is 5.87. The smallest absolute Gasteiger partial charge is 0.269 e. The molecule has 108 valence electrons. The van der Waals surface area contributed by atoms with Crippen LogP contribution in [-0.2, 0) is 4.79 Å². The highest BCUT2D eigenvalue weighted by molar-refractivity contribution is 6.31. The van der Waals surface area contributed by atoms with Gasteiger partial charge < -0.3 is 14.9 Å². The minimum Gasteiger partial charge on any atom is -0.507 e. The maximum atomic E-state index is 12.1. The first-order chi connectivity index (χ1) is 9.23. The zero-order valence-corrected chi connectivity index (χ0v) is 12.6. The van der Waals surface area contributed by atoms with Crippen molar-refractivity contribution in [1.82, 2.24) is 9.80 Å². The Hall–Kier alpha value is -2.01. The van der Waals surface area contributed by atoms with E-state index in [1.54, 1.807) is 33.1 Å². The quantitative estimate of drug-likeness (QED) is 0.679. The van der Waals surface area contributed by atoms with E-state index in [0.29, 0.717) is 5.02 Å². The average Bonchev–Trinajstić information content (AvgIpc) is 2.34. The molecule has 0 saturated heterocycles. The summed E-state index contributed by atoms with van der Waals surface area (Å²) in [5.41, 5.74) is 0.328. The summed E-state index contributed by atoms with van der Waals surface area (Å²) in [5, 5.41) is 10.1. The number of ketones is 1. The number of allylic oxidation sites excluding steroid dienone is 1. The summed E-state index contributed by atoms with van der Waals surface area (Å²) in [5.74, 6) is -0.968. The van der Waals surface area contributed by atoms with Gasteiger partial charge in [0, 0.05) is 39.3 Å². The predicted octanol–water partition coefficient (Wildman–Crippen LogP) is 1.76. The van der Waals surface area contributed by atoms with E-state index in [1.165, 1.54) is 29.2 Å². The van der Waals surface area contributed by atoms with E-state index in [9.17, 15) is 14.7 Å².